The average Bonchev–Trinajstić information content (AvgIpc) is 2.41. The van der Waals surface area contributed by atoms with Crippen molar-refractivity contribution in [2.24, 2.45) is 0 Å². The number of hydrogen-bond donors (Lipinski definition) is 2. The maximum atomic E-state index is 11.3. The van der Waals surface area contributed by atoms with Gasteiger partial charge in [0.25, 0.3) is 5.91 Å². The molecule has 1 rings (SSSR count). The molecule has 0 bridgehead atoms. The third kappa shape index (κ3) is 5.48. The predicted molar refractivity (Wildman–Crippen MR) is 79.1 cm³/mol. The van der Waals surface area contributed by atoms with Crippen molar-refractivity contribution in [1.82, 2.24) is 10.6 Å². The van der Waals surface area contributed by atoms with Crippen molar-refractivity contribution in [3.63, 3.8) is 0 Å². The number of carbonyl (C=O) groups is 1. The molecule has 0 saturated heterocycles. The minimum absolute atomic E-state index is 0.00775. The van der Waals surface area contributed by atoms with Crippen molar-refractivity contribution in [3.05, 3.63) is 23.8 Å². The van der Waals surface area contributed by atoms with Gasteiger partial charge in [-0.05, 0) is 26.8 Å². The second-order valence-corrected chi connectivity index (χ2v) is 5.54. The Hall–Kier alpha value is -1.75. The zero-order chi connectivity index (χ0) is 15.2. The molecular formula is C15H24N2O3. The Bertz CT molecular complexity index is 453. The Balaban J connectivity index is 2.83. The summed E-state index contributed by atoms with van der Waals surface area (Å²) in [4.78, 5) is 11.3. The monoisotopic (exact) mass is 280 g/mol. The van der Waals surface area contributed by atoms with Gasteiger partial charge in [-0.15, -0.1) is 0 Å². The van der Waals surface area contributed by atoms with Crippen molar-refractivity contribution in [2.75, 3.05) is 20.8 Å². The van der Waals surface area contributed by atoms with Gasteiger partial charge < -0.3 is 20.1 Å². The Morgan fingerprint density at radius 2 is 2.00 bits per heavy atom. The SMILES string of the molecule is CNC(=O)COc1cc(OC)ccc1CNC(C)(C)C. The second-order valence-electron chi connectivity index (χ2n) is 5.54. The van der Waals surface area contributed by atoms with Crippen molar-refractivity contribution in [3.8, 4) is 11.5 Å². The molecule has 112 valence electrons. The van der Waals surface area contributed by atoms with Gasteiger partial charge in [-0.25, -0.2) is 0 Å². The third-order valence-corrected chi connectivity index (χ3v) is 2.72. The second kappa shape index (κ2) is 7.14. The maximum absolute atomic E-state index is 11.3. The van der Waals surface area contributed by atoms with Crippen LogP contribution in [-0.2, 0) is 11.3 Å². The molecule has 5 heteroatoms. The zero-order valence-electron chi connectivity index (χ0n) is 12.9. The van der Waals surface area contributed by atoms with Crippen LogP contribution in [0.3, 0.4) is 0 Å². The first-order valence-electron chi connectivity index (χ1n) is 6.61. The highest BCUT2D eigenvalue weighted by Crippen LogP contribution is 2.25. The predicted octanol–water partition coefficient (Wildman–Crippen LogP) is 1.71. The van der Waals surface area contributed by atoms with Gasteiger partial charge in [0.05, 0.1) is 7.11 Å². The Morgan fingerprint density at radius 3 is 2.55 bits per heavy atom. The van der Waals surface area contributed by atoms with E-state index in [1.54, 1.807) is 20.2 Å². The molecule has 0 fully saturated rings. The number of amides is 1. The maximum Gasteiger partial charge on any atom is 0.257 e. The summed E-state index contributed by atoms with van der Waals surface area (Å²) in [5, 5.41) is 5.93. The molecule has 0 aliphatic heterocycles. The van der Waals surface area contributed by atoms with Crippen molar-refractivity contribution in [1.29, 1.82) is 0 Å². The molecule has 1 amide bonds. The van der Waals surface area contributed by atoms with Crippen LogP contribution in [0.2, 0.25) is 0 Å². The van der Waals surface area contributed by atoms with Gasteiger partial charge in [0.1, 0.15) is 11.5 Å². The highest BCUT2D eigenvalue weighted by Gasteiger charge is 2.12. The molecule has 0 unspecified atom stereocenters. The summed E-state index contributed by atoms with van der Waals surface area (Å²) in [6, 6.07) is 5.62. The number of rotatable bonds is 6. The summed E-state index contributed by atoms with van der Waals surface area (Å²) < 4.78 is 10.8. The van der Waals surface area contributed by atoms with Crippen LogP contribution in [0.5, 0.6) is 11.5 Å². The van der Waals surface area contributed by atoms with E-state index in [0.717, 1.165) is 5.56 Å². The topological polar surface area (TPSA) is 59.6 Å². The molecule has 0 heterocycles. The summed E-state index contributed by atoms with van der Waals surface area (Å²) in [7, 11) is 3.18. The fourth-order valence-corrected chi connectivity index (χ4v) is 1.52. The highest BCUT2D eigenvalue weighted by molar-refractivity contribution is 5.77. The lowest BCUT2D eigenvalue weighted by Crippen LogP contribution is -2.35. The first-order chi connectivity index (χ1) is 9.35. The van der Waals surface area contributed by atoms with Gasteiger partial charge in [-0.1, -0.05) is 6.07 Å². The van der Waals surface area contributed by atoms with E-state index in [2.05, 4.69) is 31.4 Å². The fourth-order valence-electron chi connectivity index (χ4n) is 1.52. The molecule has 20 heavy (non-hydrogen) atoms. The van der Waals surface area contributed by atoms with Crippen LogP contribution in [0.15, 0.2) is 18.2 Å². The van der Waals surface area contributed by atoms with Gasteiger partial charge in [0.15, 0.2) is 6.61 Å². The largest absolute Gasteiger partial charge is 0.497 e. The van der Waals surface area contributed by atoms with Crippen LogP contribution in [0, 0.1) is 0 Å². The number of likely N-dealkylation sites (N-methyl/N-ethyl adjacent to an activating group) is 1. The molecule has 1 aromatic carbocycles. The fraction of sp³-hybridized carbons (Fsp3) is 0.533. The lowest BCUT2D eigenvalue weighted by Gasteiger charge is -2.22. The molecule has 0 saturated carbocycles. The molecule has 2 N–H and O–H groups in total. The molecule has 0 aliphatic rings. The number of hydrogen-bond acceptors (Lipinski definition) is 4. The molecule has 5 nitrogen and oxygen atoms in total. The van der Waals surface area contributed by atoms with Crippen LogP contribution in [0.25, 0.3) is 0 Å². The molecule has 1 aromatic rings. The molecular weight excluding hydrogens is 256 g/mol. The van der Waals surface area contributed by atoms with Crippen LogP contribution in [0.1, 0.15) is 26.3 Å². The quantitative estimate of drug-likeness (QED) is 0.833. The number of nitrogens with one attached hydrogen (secondary N) is 2. The van der Waals surface area contributed by atoms with E-state index in [9.17, 15) is 4.79 Å². The van der Waals surface area contributed by atoms with Gasteiger partial charge in [-0.3, -0.25) is 4.79 Å². The Labute approximate surface area is 120 Å². The van der Waals surface area contributed by atoms with E-state index in [1.807, 2.05) is 12.1 Å². The van der Waals surface area contributed by atoms with Crippen LogP contribution in [-0.4, -0.2) is 32.2 Å². The molecule has 0 aliphatic carbocycles. The summed E-state index contributed by atoms with van der Waals surface area (Å²) in [6.07, 6.45) is 0. The molecule has 0 radical (unpaired) electrons. The summed E-state index contributed by atoms with van der Waals surface area (Å²) in [5.74, 6) is 1.20. The van der Waals surface area contributed by atoms with Gasteiger partial charge >= 0.3 is 0 Å². The third-order valence-electron chi connectivity index (χ3n) is 2.72. The van der Waals surface area contributed by atoms with Crippen molar-refractivity contribution < 1.29 is 14.3 Å². The Kier molecular flexibility index (Phi) is 5.82. The minimum Gasteiger partial charge on any atom is -0.497 e. The molecule has 0 aromatic heterocycles. The van der Waals surface area contributed by atoms with Crippen LogP contribution in [0.4, 0.5) is 0 Å². The van der Waals surface area contributed by atoms with Gasteiger partial charge in [0, 0.05) is 30.8 Å². The van der Waals surface area contributed by atoms with Crippen LogP contribution < -0.4 is 20.1 Å². The zero-order valence-corrected chi connectivity index (χ0v) is 12.9. The number of carbonyl (C=O) groups excluding carboxylic acids is 1. The highest BCUT2D eigenvalue weighted by atomic mass is 16.5. The number of benzene rings is 1. The average molecular weight is 280 g/mol. The lowest BCUT2D eigenvalue weighted by atomic mass is 10.1. The summed E-state index contributed by atoms with van der Waals surface area (Å²) in [5.41, 5.74) is 1.00. The van der Waals surface area contributed by atoms with E-state index in [1.165, 1.54) is 0 Å². The van der Waals surface area contributed by atoms with Gasteiger partial charge in [-0.2, -0.15) is 0 Å². The van der Waals surface area contributed by atoms with Crippen LogP contribution >= 0.6 is 0 Å². The first kappa shape index (κ1) is 16.3. The van der Waals surface area contributed by atoms with Crippen molar-refractivity contribution in [2.45, 2.75) is 32.9 Å². The normalized spacial score (nSPS) is 11.1. The number of ether oxygens (including phenoxy) is 2. The minimum atomic E-state index is -0.164. The van der Waals surface area contributed by atoms with E-state index in [4.69, 9.17) is 9.47 Å². The lowest BCUT2D eigenvalue weighted by molar-refractivity contribution is -0.122. The Morgan fingerprint density at radius 1 is 1.30 bits per heavy atom. The van der Waals surface area contributed by atoms with E-state index < -0.39 is 0 Å². The first-order valence-corrected chi connectivity index (χ1v) is 6.61. The number of methoxy groups -OCH3 is 1. The smallest absolute Gasteiger partial charge is 0.257 e. The van der Waals surface area contributed by atoms with E-state index in [0.29, 0.717) is 18.0 Å². The standard InChI is InChI=1S/C15H24N2O3/c1-15(2,3)17-9-11-6-7-12(19-5)8-13(11)20-10-14(18)16-4/h6-8,17H,9-10H2,1-5H3,(H,16,18). The van der Waals surface area contributed by atoms with E-state index >= 15 is 0 Å². The van der Waals surface area contributed by atoms with Gasteiger partial charge in [0.2, 0.25) is 0 Å². The van der Waals surface area contributed by atoms with Crippen molar-refractivity contribution >= 4 is 5.91 Å². The molecule has 0 atom stereocenters. The van der Waals surface area contributed by atoms with E-state index in [-0.39, 0.29) is 18.1 Å². The molecule has 0 spiro atoms. The summed E-state index contributed by atoms with van der Waals surface area (Å²) >= 11 is 0. The summed E-state index contributed by atoms with van der Waals surface area (Å²) in [6.45, 7) is 6.95.